The van der Waals surface area contributed by atoms with Gasteiger partial charge in [0.1, 0.15) is 5.84 Å². The van der Waals surface area contributed by atoms with Gasteiger partial charge in [-0.25, -0.2) is 4.98 Å². The van der Waals surface area contributed by atoms with Gasteiger partial charge in [0.15, 0.2) is 5.82 Å². The third-order valence-corrected chi connectivity index (χ3v) is 8.10. The largest absolute Gasteiger partial charge is 0.350 e. The zero-order valence-corrected chi connectivity index (χ0v) is 23.2. The van der Waals surface area contributed by atoms with Crippen LogP contribution in [-0.2, 0) is 22.4 Å². The van der Waals surface area contributed by atoms with Crippen LogP contribution in [0.2, 0.25) is 5.02 Å². The predicted molar refractivity (Wildman–Crippen MR) is 150 cm³/mol. The topological polar surface area (TPSA) is 69.1 Å². The summed E-state index contributed by atoms with van der Waals surface area (Å²) in [7, 11) is 1.76. The second-order valence-electron chi connectivity index (χ2n) is 10.0. The molecule has 1 unspecified atom stereocenters. The van der Waals surface area contributed by atoms with Gasteiger partial charge >= 0.3 is 0 Å². The van der Waals surface area contributed by atoms with Crippen LogP contribution < -0.4 is 4.90 Å². The maximum absolute atomic E-state index is 12.9. The molecular formula is C29H38ClN5O2. The Morgan fingerprint density at radius 3 is 2.38 bits per heavy atom. The molecule has 1 aliphatic carbocycles. The van der Waals surface area contributed by atoms with Crippen molar-refractivity contribution in [3.05, 3.63) is 51.7 Å². The highest BCUT2D eigenvalue weighted by Crippen LogP contribution is 2.41. The van der Waals surface area contributed by atoms with Gasteiger partial charge in [-0.3, -0.25) is 19.5 Å². The normalized spacial score (nSPS) is 18.8. The number of amidine groups is 1. The Bertz CT molecular complexity index is 1140. The first-order valence-corrected chi connectivity index (χ1v) is 13.8. The Morgan fingerprint density at radius 1 is 1.16 bits per heavy atom. The molecule has 0 spiro atoms. The van der Waals surface area contributed by atoms with Gasteiger partial charge < -0.3 is 9.80 Å². The van der Waals surface area contributed by atoms with Crippen LogP contribution in [0.25, 0.3) is 0 Å². The summed E-state index contributed by atoms with van der Waals surface area (Å²) in [4.78, 5) is 39.8. The smallest absolute Gasteiger partial charge is 0.219 e. The van der Waals surface area contributed by atoms with Crippen molar-refractivity contribution in [2.75, 3.05) is 31.6 Å². The minimum Gasteiger partial charge on any atom is -0.350 e. The van der Waals surface area contributed by atoms with E-state index in [1.165, 1.54) is 0 Å². The fourth-order valence-corrected chi connectivity index (χ4v) is 6.17. The molecule has 0 radical (unpaired) electrons. The van der Waals surface area contributed by atoms with Gasteiger partial charge in [-0.15, -0.1) is 0 Å². The van der Waals surface area contributed by atoms with Crippen LogP contribution in [0.1, 0.15) is 74.8 Å². The van der Waals surface area contributed by atoms with E-state index in [0.29, 0.717) is 30.5 Å². The summed E-state index contributed by atoms with van der Waals surface area (Å²) in [6.45, 7) is 8.15. The highest BCUT2D eigenvalue weighted by atomic mass is 35.5. The van der Waals surface area contributed by atoms with E-state index in [0.717, 1.165) is 85.3 Å². The molecule has 1 saturated heterocycles. The second kappa shape index (κ2) is 12.1. The van der Waals surface area contributed by atoms with E-state index in [1.54, 1.807) is 16.8 Å². The lowest BCUT2D eigenvalue weighted by Gasteiger charge is -2.40. The summed E-state index contributed by atoms with van der Waals surface area (Å²) < 4.78 is 0. The molecule has 0 bridgehead atoms. The quantitative estimate of drug-likeness (QED) is 0.266. The molecule has 1 saturated carbocycles. The number of aliphatic imine (C=N–C) groups is 1. The first-order valence-electron chi connectivity index (χ1n) is 13.5. The fraction of sp³-hybridized carbons (Fsp3) is 0.517. The predicted octanol–water partition coefficient (Wildman–Crippen LogP) is 5.35. The molecule has 2 aromatic rings. The molecule has 1 atom stereocenters. The number of amides is 2. The van der Waals surface area contributed by atoms with Gasteiger partial charge in [-0.05, 0) is 49.8 Å². The highest BCUT2D eigenvalue weighted by molar-refractivity contribution is 6.32. The van der Waals surface area contributed by atoms with E-state index >= 15 is 0 Å². The second-order valence-corrected chi connectivity index (χ2v) is 10.4. The van der Waals surface area contributed by atoms with Gasteiger partial charge in [0.05, 0.1) is 22.0 Å². The molecule has 2 aliphatic rings. The van der Waals surface area contributed by atoms with Gasteiger partial charge in [0.25, 0.3) is 0 Å². The number of rotatable bonds is 8. The summed E-state index contributed by atoms with van der Waals surface area (Å²) in [6, 6.07) is 8.21. The number of aromatic nitrogens is 1. The number of hydrogen-bond acceptors (Lipinski definition) is 4. The zero-order valence-electron chi connectivity index (χ0n) is 22.4. The van der Waals surface area contributed by atoms with Crippen LogP contribution in [0.3, 0.4) is 0 Å². The molecule has 198 valence electrons. The standard InChI is InChI=1S/C29H38ClN5O2/c1-5-21-12-9-13-22(6-2)27(21)35(19-37)29-24(16-25(30)26(32-29)23-10-7-8-11-23)28(31-4)34-15-14-33(18-36)17-20(34)3/h9,12-13,16,18-20,23H,5-8,10-11,14-15,17H2,1-4H3/b31-28+. The number of para-hydroxylation sites is 1. The molecule has 7 nitrogen and oxygen atoms in total. The van der Waals surface area contributed by atoms with E-state index in [9.17, 15) is 9.59 Å². The monoisotopic (exact) mass is 523 g/mol. The van der Waals surface area contributed by atoms with Crippen LogP contribution in [0, 0.1) is 0 Å². The number of benzene rings is 1. The molecule has 1 aromatic carbocycles. The van der Waals surface area contributed by atoms with Gasteiger partial charge in [-0.1, -0.05) is 56.5 Å². The number of aryl methyl sites for hydroxylation is 2. The third-order valence-electron chi connectivity index (χ3n) is 7.80. The van der Waals surface area contributed by atoms with Crippen molar-refractivity contribution < 1.29 is 9.59 Å². The molecule has 2 heterocycles. The maximum Gasteiger partial charge on any atom is 0.219 e. The zero-order chi connectivity index (χ0) is 26.5. The molecule has 8 heteroatoms. The van der Waals surface area contributed by atoms with Gasteiger partial charge in [0, 0.05) is 38.6 Å². The first kappa shape index (κ1) is 27.1. The molecule has 4 rings (SSSR count). The van der Waals surface area contributed by atoms with Crippen molar-refractivity contribution in [1.29, 1.82) is 0 Å². The van der Waals surface area contributed by atoms with E-state index < -0.39 is 0 Å². The summed E-state index contributed by atoms with van der Waals surface area (Å²) in [5.74, 6) is 1.60. The average Bonchev–Trinajstić information content (AvgIpc) is 3.46. The van der Waals surface area contributed by atoms with E-state index in [4.69, 9.17) is 21.6 Å². The van der Waals surface area contributed by atoms with Crippen molar-refractivity contribution in [2.45, 2.75) is 71.3 Å². The maximum atomic E-state index is 12.9. The van der Waals surface area contributed by atoms with E-state index in [1.807, 2.05) is 6.07 Å². The lowest BCUT2D eigenvalue weighted by atomic mass is 9.99. The summed E-state index contributed by atoms with van der Waals surface area (Å²) in [5.41, 5.74) is 4.69. The minimum absolute atomic E-state index is 0.0533. The Morgan fingerprint density at radius 2 is 1.84 bits per heavy atom. The Kier molecular flexibility index (Phi) is 8.85. The Hall–Kier alpha value is -2.93. The first-order chi connectivity index (χ1) is 18.0. The number of nitrogens with zero attached hydrogens (tertiary/aromatic N) is 5. The molecule has 1 aromatic heterocycles. The van der Waals surface area contributed by atoms with Crippen LogP contribution >= 0.6 is 11.6 Å². The molecule has 2 fully saturated rings. The molecule has 2 amide bonds. The van der Waals surface area contributed by atoms with Gasteiger partial charge in [0.2, 0.25) is 12.8 Å². The minimum atomic E-state index is 0.0533. The molecule has 37 heavy (non-hydrogen) atoms. The summed E-state index contributed by atoms with van der Waals surface area (Å²) >= 11 is 6.92. The summed E-state index contributed by atoms with van der Waals surface area (Å²) in [6.07, 6.45) is 7.81. The number of carbonyl (C=O) groups excluding carboxylic acids is 2. The lowest BCUT2D eigenvalue weighted by Crippen LogP contribution is -2.54. The van der Waals surface area contributed by atoms with Crippen molar-refractivity contribution in [2.24, 2.45) is 4.99 Å². The van der Waals surface area contributed by atoms with Crippen LogP contribution in [0.4, 0.5) is 11.5 Å². The van der Waals surface area contributed by atoms with Crippen molar-refractivity contribution in [3.8, 4) is 0 Å². The number of carbonyl (C=O) groups is 2. The molecule has 0 N–H and O–H groups in total. The Balaban J connectivity index is 1.91. The molecular weight excluding hydrogens is 486 g/mol. The third kappa shape index (κ3) is 5.37. The number of halogens is 1. The van der Waals surface area contributed by atoms with E-state index in [-0.39, 0.29) is 12.0 Å². The average molecular weight is 524 g/mol. The van der Waals surface area contributed by atoms with Gasteiger partial charge in [-0.2, -0.15) is 0 Å². The SMILES string of the molecule is CCc1cccc(CC)c1N(C=O)c1nc(C2CCCC2)c(Cl)cc1/C(=N\C)N1CCN(C=O)CC1C. The van der Waals surface area contributed by atoms with Crippen LogP contribution in [0.15, 0.2) is 29.3 Å². The summed E-state index contributed by atoms with van der Waals surface area (Å²) in [5, 5.41) is 0.622. The molecule has 1 aliphatic heterocycles. The number of anilines is 2. The van der Waals surface area contributed by atoms with Crippen molar-refractivity contribution >= 4 is 41.8 Å². The highest BCUT2D eigenvalue weighted by Gasteiger charge is 2.32. The number of hydrogen-bond donors (Lipinski definition) is 0. The number of piperazine rings is 1. The number of pyridine rings is 1. The Labute approximate surface area is 225 Å². The lowest BCUT2D eigenvalue weighted by molar-refractivity contribution is -0.120. The van der Waals surface area contributed by atoms with Crippen molar-refractivity contribution in [1.82, 2.24) is 14.8 Å². The van der Waals surface area contributed by atoms with Crippen LogP contribution in [-0.4, -0.2) is 66.2 Å². The van der Waals surface area contributed by atoms with Crippen molar-refractivity contribution in [3.63, 3.8) is 0 Å². The van der Waals surface area contributed by atoms with Crippen LogP contribution in [0.5, 0.6) is 0 Å². The van der Waals surface area contributed by atoms with E-state index in [2.05, 4.69) is 43.9 Å². The fourth-order valence-electron chi connectivity index (χ4n) is 5.86.